The number of alkyl halides is 2. The number of carboxylic acid groups (broad SMARTS) is 1. The first kappa shape index (κ1) is 11.9. The van der Waals surface area contributed by atoms with E-state index in [1.807, 2.05) is 0 Å². The molecule has 14 heavy (non-hydrogen) atoms. The van der Waals surface area contributed by atoms with Gasteiger partial charge in [-0.25, -0.2) is 4.79 Å². The number of hydrogen-bond acceptors (Lipinski definition) is 1. The van der Waals surface area contributed by atoms with Gasteiger partial charge in [-0.3, -0.25) is 0 Å². The Bertz CT molecular complexity index is 376. The van der Waals surface area contributed by atoms with Crippen LogP contribution in [-0.4, -0.2) is 11.1 Å². The van der Waals surface area contributed by atoms with Gasteiger partial charge in [-0.1, -0.05) is 58.5 Å². The van der Waals surface area contributed by atoms with Crippen LogP contribution in [-0.2, 0) is 9.13 Å². The van der Waals surface area contributed by atoms with E-state index >= 15 is 0 Å². The number of aliphatic carboxylic acids is 1. The Kier molecular flexibility index (Phi) is 3.53. The van der Waals surface area contributed by atoms with Gasteiger partial charge in [0.15, 0.2) is 0 Å². The van der Waals surface area contributed by atoms with Gasteiger partial charge in [0.25, 0.3) is 0 Å². The SMILES string of the molecule is O=C(O)C(Cl)(Cl)c1cccc(Cl)c1Cl. The molecule has 0 spiro atoms. The molecular formula is C8H4Cl4O2. The maximum Gasteiger partial charge on any atom is 0.344 e. The first-order chi connectivity index (χ1) is 6.37. The van der Waals surface area contributed by atoms with Gasteiger partial charge in [-0.2, -0.15) is 0 Å². The summed E-state index contributed by atoms with van der Waals surface area (Å²) in [6.07, 6.45) is 0. The van der Waals surface area contributed by atoms with Crippen molar-refractivity contribution < 1.29 is 9.90 Å². The lowest BCUT2D eigenvalue weighted by Gasteiger charge is -2.16. The smallest absolute Gasteiger partial charge is 0.344 e. The first-order valence-electron chi connectivity index (χ1n) is 3.43. The molecule has 0 aromatic heterocycles. The molecule has 1 aromatic rings. The molecule has 0 aliphatic rings. The van der Waals surface area contributed by atoms with Crippen LogP contribution in [0.5, 0.6) is 0 Å². The van der Waals surface area contributed by atoms with Gasteiger partial charge in [0.1, 0.15) is 0 Å². The molecule has 0 fully saturated rings. The zero-order chi connectivity index (χ0) is 10.9. The molecule has 1 aromatic carbocycles. The number of carbonyl (C=O) groups is 1. The Morgan fingerprint density at radius 2 is 1.86 bits per heavy atom. The van der Waals surface area contributed by atoms with Crippen molar-refractivity contribution in [2.45, 2.75) is 4.33 Å². The molecule has 0 unspecified atom stereocenters. The molecule has 76 valence electrons. The number of benzene rings is 1. The molecule has 0 aliphatic heterocycles. The van der Waals surface area contributed by atoms with Crippen molar-refractivity contribution in [2.24, 2.45) is 0 Å². The van der Waals surface area contributed by atoms with Gasteiger partial charge in [0.05, 0.1) is 10.0 Å². The van der Waals surface area contributed by atoms with Crippen molar-refractivity contribution in [3.05, 3.63) is 33.8 Å². The molecule has 0 atom stereocenters. The van der Waals surface area contributed by atoms with Crippen LogP contribution >= 0.6 is 46.4 Å². The fourth-order valence-electron chi connectivity index (χ4n) is 0.861. The molecule has 0 saturated carbocycles. The third kappa shape index (κ3) is 2.09. The van der Waals surface area contributed by atoms with Crippen molar-refractivity contribution >= 4 is 52.4 Å². The van der Waals surface area contributed by atoms with Gasteiger partial charge in [-0.15, -0.1) is 0 Å². The quantitative estimate of drug-likeness (QED) is 0.834. The fourth-order valence-corrected chi connectivity index (χ4v) is 1.72. The summed E-state index contributed by atoms with van der Waals surface area (Å²) in [5.74, 6) is -1.40. The highest BCUT2D eigenvalue weighted by Gasteiger charge is 2.38. The third-order valence-electron chi connectivity index (χ3n) is 1.56. The Balaban J connectivity index is 3.33. The summed E-state index contributed by atoms with van der Waals surface area (Å²) in [5, 5.41) is 8.99. The summed E-state index contributed by atoms with van der Waals surface area (Å²) in [7, 11) is 0. The highest BCUT2D eigenvalue weighted by molar-refractivity contribution is 6.58. The van der Waals surface area contributed by atoms with Gasteiger partial charge < -0.3 is 5.11 Å². The topological polar surface area (TPSA) is 37.3 Å². The van der Waals surface area contributed by atoms with E-state index in [0.717, 1.165) is 0 Å². The van der Waals surface area contributed by atoms with Crippen molar-refractivity contribution in [2.75, 3.05) is 0 Å². The average molecular weight is 274 g/mol. The van der Waals surface area contributed by atoms with E-state index in [1.54, 1.807) is 0 Å². The summed E-state index contributed by atoms with van der Waals surface area (Å²) in [5.41, 5.74) is 0.0579. The summed E-state index contributed by atoms with van der Waals surface area (Å²) in [6, 6.07) is 4.44. The second-order valence-corrected chi connectivity index (χ2v) is 4.59. The van der Waals surface area contributed by atoms with Gasteiger partial charge in [0.2, 0.25) is 4.33 Å². The van der Waals surface area contributed by atoms with Gasteiger partial charge >= 0.3 is 5.97 Å². The molecule has 0 aliphatic carbocycles. The number of carboxylic acids is 1. The van der Waals surface area contributed by atoms with Crippen LogP contribution in [0.15, 0.2) is 18.2 Å². The number of halogens is 4. The monoisotopic (exact) mass is 272 g/mol. The predicted octanol–water partition coefficient (Wildman–Crippen LogP) is 3.71. The Morgan fingerprint density at radius 3 is 2.36 bits per heavy atom. The Morgan fingerprint density at radius 1 is 1.29 bits per heavy atom. The Labute approximate surface area is 100 Å². The lowest BCUT2D eigenvalue weighted by Crippen LogP contribution is -2.23. The number of rotatable bonds is 2. The summed E-state index contributed by atoms with van der Waals surface area (Å²) < 4.78 is -2.08. The van der Waals surface area contributed by atoms with E-state index in [0.29, 0.717) is 0 Å². The zero-order valence-electron chi connectivity index (χ0n) is 6.60. The van der Waals surface area contributed by atoms with E-state index in [9.17, 15) is 4.79 Å². The van der Waals surface area contributed by atoms with Gasteiger partial charge in [-0.05, 0) is 6.07 Å². The second kappa shape index (κ2) is 4.15. The van der Waals surface area contributed by atoms with E-state index < -0.39 is 10.3 Å². The summed E-state index contributed by atoms with van der Waals surface area (Å²) in [6.45, 7) is 0. The van der Waals surface area contributed by atoms with Gasteiger partial charge in [0, 0.05) is 5.56 Å². The molecule has 6 heteroatoms. The molecule has 0 heterocycles. The lowest BCUT2D eigenvalue weighted by molar-refractivity contribution is -0.138. The van der Waals surface area contributed by atoms with E-state index in [-0.39, 0.29) is 15.6 Å². The van der Waals surface area contributed by atoms with Crippen molar-refractivity contribution in [3.8, 4) is 0 Å². The minimum absolute atomic E-state index is 0.0431. The predicted molar refractivity (Wildman–Crippen MR) is 57.5 cm³/mol. The van der Waals surface area contributed by atoms with Crippen LogP contribution in [0.3, 0.4) is 0 Å². The van der Waals surface area contributed by atoms with Crippen molar-refractivity contribution in [3.63, 3.8) is 0 Å². The van der Waals surface area contributed by atoms with Crippen LogP contribution < -0.4 is 0 Å². The maximum absolute atomic E-state index is 10.7. The Hall–Kier alpha value is -0.150. The molecular weight excluding hydrogens is 270 g/mol. The maximum atomic E-state index is 10.7. The van der Waals surface area contributed by atoms with E-state index in [1.165, 1.54) is 18.2 Å². The molecule has 1 rings (SSSR count). The minimum atomic E-state index is -2.08. The van der Waals surface area contributed by atoms with Crippen LogP contribution in [0.25, 0.3) is 0 Å². The molecule has 1 N–H and O–H groups in total. The molecule has 0 saturated heterocycles. The third-order valence-corrected chi connectivity index (χ3v) is 3.11. The standard InChI is InChI=1S/C8H4Cl4O2/c9-5-3-1-2-4(6(5)10)8(11,12)7(13)14/h1-3H,(H,13,14). The molecule has 2 nitrogen and oxygen atoms in total. The van der Waals surface area contributed by atoms with Crippen LogP contribution in [0.4, 0.5) is 0 Å². The summed E-state index contributed by atoms with van der Waals surface area (Å²) >= 11 is 22.6. The van der Waals surface area contributed by atoms with Crippen LogP contribution in [0.2, 0.25) is 10.0 Å². The minimum Gasteiger partial charge on any atom is -0.479 e. The lowest BCUT2D eigenvalue weighted by atomic mass is 10.1. The van der Waals surface area contributed by atoms with Crippen LogP contribution in [0, 0.1) is 0 Å². The fraction of sp³-hybridized carbons (Fsp3) is 0.125. The molecule has 0 radical (unpaired) electrons. The average Bonchev–Trinajstić information content (AvgIpc) is 2.09. The molecule has 0 bridgehead atoms. The van der Waals surface area contributed by atoms with E-state index in [4.69, 9.17) is 51.5 Å². The summed E-state index contributed by atoms with van der Waals surface area (Å²) in [4.78, 5) is 10.7. The first-order valence-corrected chi connectivity index (χ1v) is 4.94. The van der Waals surface area contributed by atoms with Crippen molar-refractivity contribution in [1.29, 1.82) is 0 Å². The number of hydrogen-bond donors (Lipinski definition) is 1. The van der Waals surface area contributed by atoms with E-state index in [2.05, 4.69) is 0 Å². The van der Waals surface area contributed by atoms with Crippen molar-refractivity contribution in [1.82, 2.24) is 0 Å². The normalized spacial score (nSPS) is 11.4. The van der Waals surface area contributed by atoms with Crippen LogP contribution in [0.1, 0.15) is 5.56 Å². The molecule has 0 amide bonds. The highest BCUT2D eigenvalue weighted by atomic mass is 35.5. The second-order valence-electron chi connectivity index (χ2n) is 2.48. The largest absolute Gasteiger partial charge is 0.479 e. The highest BCUT2D eigenvalue weighted by Crippen LogP contribution is 2.40. The zero-order valence-corrected chi connectivity index (χ0v) is 9.62.